The SMILES string of the molecule is CC(C)NC(=O)N1CC[C@]2(COCc3cnc(-c4ccccc4)nc32)C1. The van der Waals surface area contributed by atoms with Gasteiger partial charge in [-0.15, -0.1) is 0 Å². The molecule has 1 atom stereocenters. The molecule has 26 heavy (non-hydrogen) atoms. The lowest BCUT2D eigenvalue weighted by molar-refractivity contribution is 0.0518. The predicted molar refractivity (Wildman–Crippen MR) is 98.7 cm³/mol. The van der Waals surface area contributed by atoms with Gasteiger partial charge in [0.15, 0.2) is 5.82 Å². The van der Waals surface area contributed by atoms with Crippen molar-refractivity contribution in [2.24, 2.45) is 0 Å². The number of hydrogen-bond donors (Lipinski definition) is 1. The van der Waals surface area contributed by atoms with Crippen molar-refractivity contribution in [2.45, 2.75) is 38.3 Å². The van der Waals surface area contributed by atoms with Gasteiger partial charge in [0.25, 0.3) is 0 Å². The van der Waals surface area contributed by atoms with Gasteiger partial charge >= 0.3 is 6.03 Å². The number of carbonyl (C=O) groups is 1. The predicted octanol–water partition coefficient (Wildman–Crippen LogP) is 2.74. The quantitative estimate of drug-likeness (QED) is 0.902. The van der Waals surface area contributed by atoms with Gasteiger partial charge < -0.3 is 15.0 Å². The minimum Gasteiger partial charge on any atom is -0.376 e. The first kappa shape index (κ1) is 17.0. The number of urea groups is 1. The van der Waals surface area contributed by atoms with Crippen LogP contribution in [-0.2, 0) is 16.8 Å². The van der Waals surface area contributed by atoms with Crippen molar-refractivity contribution in [3.63, 3.8) is 0 Å². The Bertz CT molecular complexity index is 809. The third kappa shape index (κ3) is 3.05. The zero-order valence-corrected chi connectivity index (χ0v) is 15.2. The van der Waals surface area contributed by atoms with Gasteiger partial charge in [-0.2, -0.15) is 0 Å². The smallest absolute Gasteiger partial charge is 0.317 e. The minimum atomic E-state index is -0.242. The molecule has 2 aliphatic heterocycles. The topological polar surface area (TPSA) is 67.4 Å². The summed E-state index contributed by atoms with van der Waals surface area (Å²) in [5, 5.41) is 2.98. The van der Waals surface area contributed by atoms with E-state index >= 15 is 0 Å². The van der Waals surface area contributed by atoms with E-state index in [0.717, 1.165) is 29.1 Å². The molecule has 4 rings (SSSR count). The molecular formula is C20H24N4O2. The molecule has 0 bridgehead atoms. The maximum absolute atomic E-state index is 12.4. The number of nitrogens with one attached hydrogen (secondary N) is 1. The molecule has 1 N–H and O–H groups in total. The number of aromatic nitrogens is 2. The average molecular weight is 352 g/mol. The number of rotatable bonds is 2. The first-order valence-corrected chi connectivity index (χ1v) is 9.12. The van der Waals surface area contributed by atoms with Crippen molar-refractivity contribution in [1.29, 1.82) is 0 Å². The van der Waals surface area contributed by atoms with Crippen molar-refractivity contribution in [2.75, 3.05) is 19.7 Å². The van der Waals surface area contributed by atoms with E-state index in [9.17, 15) is 4.79 Å². The van der Waals surface area contributed by atoms with Gasteiger partial charge in [0.05, 0.1) is 24.3 Å². The lowest BCUT2D eigenvalue weighted by Gasteiger charge is -2.34. The van der Waals surface area contributed by atoms with Gasteiger partial charge in [-0.25, -0.2) is 14.8 Å². The molecule has 0 saturated carbocycles. The molecule has 1 aromatic heterocycles. The Hall–Kier alpha value is -2.47. The normalized spacial score (nSPS) is 21.9. The Morgan fingerprint density at radius 1 is 1.31 bits per heavy atom. The van der Waals surface area contributed by atoms with Crippen molar-refractivity contribution in [3.05, 3.63) is 47.8 Å². The van der Waals surface area contributed by atoms with E-state index in [2.05, 4.69) is 10.3 Å². The summed E-state index contributed by atoms with van der Waals surface area (Å²) in [7, 11) is 0. The highest BCUT2D eigenvalue weighted by molar-refractivity contribution is 5.75. The van der Waals surface area contributed by atoms with Crippen molar-refractivity contribution >= 4 is 6.03 Å². The Morgan fingerprint density at radius 3 is 2.88 bits per heavy atom. The summed E-state index contributed by atoms with van der Waals surface area (Å²) in [5.74, 6) is 0.732. The van der Waals surface area contributed by atoms with Crippen LogP contribution >= 0.6 is 0 Å². The van der Waals surface area contributed by atoms with Crippen LogP contribution in [-0.4, -0.2) is 46.6 Å². The molecule has 3 heterocycles. The summed E-state index contributed by atoms with van der Waals surface area (Å²) in [6.07, 6.45) is 2.74. The number of carbonyl (C=O) groups excluding carboxylic acids is 1. The largest absolute Gasteiger partial charge is 0.376 e. The molecule has 0 radical (unpaired) electrons. The van der Waals surface area contributed by atoms with E-state index in [4.69, 9.17) is 9.72 Å². The van der Waals surface area contributed by atoms with Crippen LogP contribution in [0.25, 0.3) is 11.4 Å². The van der Waals surface area contributed by atoms with Crippen LogP contribution < -0.4 is 5.32 Å². The maximum atomic E-state index is 12.4. The van der Waals surface area contributed by atoms with E-state index in [-0.39, 0.29) is 17.5 Å². The maximum Gasteiger partial charge on any atom is 0.317 e. The van der Waals surface area contributed by atoms with Crippen LogP contribution in [0, 0.1) is 0 Å². The van der Waals surface area contributed by atoms with Crippen LogP contribution in [0.1, 0.15) is 31.5 Å². The number of hydrogen-bond acceptors (Lipinski definition) is 4. The molecule has 2 aliphatic rings. The Morgan fingerprint density at radius 2 is 2.12 bits per heavy atom. The van der Waals surface area contributed by atoms with Gasteiger partial charge in [0.1, 0.15) is 0 Å². The highest BCUT2D eigenvalue weighted by Gasteiger charge is 2.46. The standard InChI is InChI=1S/C20H24N4O2/c1-14(2)22-19(25)24-9-8-20(12-24)13-26-11-16-10-21-18(23-17(16)20)15-6-4-3-5-7-15/h3-7,10,14H,8-9,11-13H2,1-2H3,(H,22,25)/t20-/m1/s1. The number of ether oxygens (including phenoxy) is 1. The van der Waals surface area contributed by atoms with Crippen LogP contribution in [0.4, 0.5) is 4.79 Å². The van der Waals surface area contributed by atoms with Gasteiger partial charge in [-0.3, -0.25) is 0 Å². The van der Waals surface area contributed by atoms with Crippen molar-refractivity contribution in [3.8, 4) is 11.4 Å². The fraction of sp³-hybridized carbons (Fsp3) is 0.450. The molecule has 2 amide bonds. The molecule has 136 valence electrons. The molecule has 1 fully saturated rings. The fourth-order valence-corrected chi connectivity index (χ4v) is 3.82. The molecule has 1 aromatic carbocycles. The molecular weight excluding hydrogens is 328 g/mol. The van der Waals surface area contributed by atoms with Gasteiger partial charge in [0, 0.05) is 36.5 Å². The zero-order valence-electron chi connectivity index (χ0n) is 15.2. The van der Waals surface area contributed by atoms with E-state index < -0.39 is 0 Å². The Labute approximate surface area is 153 Å². The first-order chi connectivity index (χ1) is 12.6. The number of nitrogens with zero attached hydrogens (tertiary/aromatic N) is 3. The number of benzene rings is 1. The summed E-state index contributed by atoms with van der Waals surface area (Å²) in [4.78, 5) is 23.8. The number of fused-ring (bicyclic) bond motifs is 2. The summed E-state index contributed by atoms with van der Waals surface area (Å²) in [6.45, 7) is 6.42. The van der Waals surface area contributed by atoms with E-state index in [1.165, 1.54) is 0 Å². The van der Waals surface area contributed by atoms with Gasteiger partial charge in [-0.1, -0.05) is 30.3 Å². The fourth-order valence-electron chi connectivity index (χ4n) is 3.82. The molecule has 0 unspecified atom stereocenters. The van der Waals surface area contributed by atoms with Crippen molar-refractivity contribution in [1.82, 2.24) is 20.2 Å². The second kappa shape index (κ2) is 6.68. The number of amides is 2. The summed E-state index contributed by atoms with van der Waals surface area (Å²) < 4.78 is 5.85. The summed E-state index contributed by atoms with van der Waals surface area (Å²) >= 11 is 0. The lowest BCUT2D eigenvalue weighted by Crippen LogP contribution is -2.45. The Kier molecular flexibility index (Phi) is 4.36. The first-order valence-electron chi connectivity index (χ1n) is 9.12. The van der Waals surface area contributed by atoms with Crippen LogP contribution in [0.2, 0.25) is 0 Å². The third-order valence-electron chi connectivity index (χ3n) is 5.09. The van der Waals surface area contributed by atoms with Gasteiger partial charge in [0.2, 0.25) is 0 Å². The molecule has 6 heteroatoms. The summed E-state index contributed by atoms with van der Waals surface area (Å²) in [6, 6.07) is 10.1. The zero-order chi connectivity index (χ0) is 18.1. The minimum absolute atomic E-state index is 0.0127. The lowest BCUT2D eigenvalue weighted by atomic mass is 9.80. The second-order valence-corrected chi connectivity index (χ2v) is 7.48. The molecule has 1 spiro atoms. The number of likely N-dealkylation sites (tertiary alicyclic amines) is 1. The molecule has 2 aromatic rings. The second-order valence-electron chi connectivity index (χ2n) is 7.48. The van der Waals surface area contributed by atoms with E-state index in [1.54, 1.807) is 0 Å². The van der Waals surface area contributed by atoms with E-state index in [0.29, 0.717) is 26.3 Å². The molecule has 6 nitrogen and oxygen atoms in total. The van der Waals surface area contributed by atoms with Crippen LogP contribution in [0.15, 0.2) is 36.5 Å². The average Bonchev–Trinajstić information content (AvgIpc) is 3.07. The monoisotopic (exact) mass is 352 g/mol. The molecule has 1 saturated heterocycles. The highest BCUT2D eigenvalue weighted by atomic mass is 16.5. The highest BCUT2D eigenvalue weighted by Crippen LogP contribution is 2.39. The van der Waals surface area contributed by atoms with Crippen molar-refractivity contribution < 1.29 is 9.53 Å². The van der Waals surface area contributed by atoms with E-state index in [1.807, 2.05) is 55.3 Å². The van der Waals surface area contributed by atoms with Crippen LogP contribution in [0.5, 0.6) is 0 Å². The molecule has 0 aliphatic carbocycles. The Balaban J connectivity index is 1.66. The van der Waals surface area contributed by atoms with Gasteiger partial charge in [-0.05, 0) is 20.3 Å². The van der Waals surface area contributed by atoms with Crippen LogP contribution in [0.3, 0.4) is 0 Å². The summed E-state index contributed by atoms with van der Waals surface area (Å²) in [5.41, 5.74) is 2.83. The third-order valence-corrected chi connectivity index (χ3v) is 5.09.